The van der Waals surface area contributed by atoms with Crippen LogP contribution in [-0.2, 0) is 6.61 Å². The van der Waals surface area contributed by atoms with Crippen molar-refractivity contribution in [3.63, 3.8) is 0 Å². The zero-order chi connectivity index (χ0) is 19.2. The van der Waals surface area contributed by atoms with E-state index in [1.165, 1.54) is 6.26 Å². The zero-order valence-electron chi connectivity index (χ0n) is 15.6. The number of carbonyl (C=O) groups is 1. The fourth-order valence-corrected chi connectivity index (χ4v) is 3.08. The van der Waals surface area contributed by atoms with Crippen LogP contribution < -0.4 is 10.1 Å². The molecule has 1 unspecified atom stereocenters. The average Bonchev–Trinajstić information content (AvgIpc) is 3.15. The van der Waals surface area contributed by atoms with Crippen molar-refractivity contribution < 1.29 is 13.9 Å². The van der Waals surface area contributed by atoms with Gasteiger partial charge in [-0.2, -0.15) is 5.26 Å². The molecule has 27 heavy (non-hydrogen) atoms. The molecule has 1 aromatic carbocycles. The number of hydrogen-bond donors (Lipinski definition) is 1. The molecule has 1 aliphatic heterocycles. The van der Waals surface area contributed by atoms with E-state index in [1.54, 1.807) is 30.3 Å². The standard InChI is InChI=1S/C20H24N4O3/c1-23-7-8-24(2)17(13-23)12-22-20(25)19-16(6-9-26-19)14-27-18-5-3-4-15(10-18)11-21/h3-6,9-10,17H,7-8,12-14H2,1-2H3,(H,22,25). The van der Waals surface area contributed by atoms with E-state index in [2.05, 4.69) is 35.3 Å². The number of nitriles is 1. The second-order valence-corrected chi connectivity index (χ2v) is 6.81. The van der Waals surface area contributed by atoms with Gasteiger partial charge in [-0.05, 0) is 38.4 Å². The summed E-state index contributed by atoms with van der Waals surface area (Å²) in [4.78, 5) is 17.1. The lowest BCUT2D eigenvalue weighted by Gasteiger charge is -2.37. The van der Waals surface area contributed by atoms with Crippen molar-refractivity contribution >= 4 is 5.91 Å². The highest BCUT2D eigenvalue weighted by molar-refractivity contribution is 5.92. The fraction of sp³-hybridized carbons (Fsp3) is 0.400. The highest BCUT2D eigenvalue weighted by Gasteiger charge is 2.24. The quantitative estimate of drug-likeness (QED) is 0.836. The predicted molar refractivity (Wildman–Crippen MR) is 100 cm³/mol. The highest BCUT2D eigenvalue weighted by Crippen LogP contribution is 2.17. The van der Waals surface area contributed by atoms with Crippen molar-refractivity contribution in [2.24, 2.45) is 0 Å². The molecule has 3 rings (SSSR count). The Kier molecular flexibility index (Phi) is 6.12. The SMILES string of the molecule is CN1CCN(C)C(CNC(=O)c2occc2COc2cccc(C#N)c2)C1. The molecule has 142 valence electrons. The van der Waals surface area contributed by atoms with E-state index in [4.69, 9.17) is 14.4 Å². The maximum atomic E-state index is 12.5. The average molecular weight is 368 g/mol. The first kappa shape index (κ1) is 19.0. The molecule has 2 aromatic rings. The summed E-state index contributed by atoms with van der Waals surface area (Å²) in [5.74, 6) is 0.595. The molecule has 7 nitrogen and oxygen atoms in total. The number of piperazine rings is 1. The lowest BCUT2D eigenvalue weighted by Crippen LogP contribution is -2.54. The summed E-state index contributed by atoms with van der Waals surface area (Å²) < 4.78 is 11.1. The minimum Gasteiger partial charge on any atom is -0.489 e. The number of hydrogen-bond acceptors (Lipinski definition) is 6. The Morgan fingerprint density at radius 1 is 1.37 bits per heavy atom. The molecule has 1 saturated heterocycles. The molecule has 0 saturated carbocycles. The fourth-order valence-electron chi connectivity index (χ4n) is 3.08. The number of furan rings is 1. The number of nitrogens with one attached hydrogen (secondary N) is 1. The first-order valence-corrected chi connectivity index (χ1v) is 8.93. The summed E-state index contributed by atoms with van der Waals surface area (Å²) in [6, 6.07) is 11.0. The van der Waals surface area contributed by atoms with Gasteiger partial charge in [0, 0.05) is 37.8 Å². The third kappa shape index (κ3) is 4.88. The maximum absolute atomic E-state index is 12.5. The van der Waals surface area contributed by atoms with Gasteiger partial charge in [0.1, 0.15) is 12.4 Å². The maximum Gasteiger partial charge on any atom is 0.287 e. The third-order valence-electron chi connectivity index (χ3n) is 4.79. The second kappa shape index (κ2) is 8.71. The number of carbonyl (C=O) groups excluding carboxylic acids is 1. The van der Waals surface area contributed by atoms with Crippen LogP contribution in [0.3, 0.4) is 0 Å². The van der Waals surface area contributed by atoms with Crippen molar-refractivity contribution in [1.29, 1.82) is 5.26 Å². The summed E-state index contributed by atoms with van der Waals surface area (Å²) in [6.45, 7) is 3.69. The Bertz CT molecular complexity index is 827. The van der Waals surface area contributed by atoms with E-state index >= 15 is 0 Å². The molecule has 1 amide bonds. The van der Waals surface area contributed by atoms with Gasteiger partial charge in [0.2, 0.25) is 0 Å². The Balaban J connectivity index is 1.57. The third-order valence-corrected chi connectivity index (χ3v) is 4.79. The van der Waals surface area contributed by atoms with E-state index in [-0.39, 0.29) is 24.3 Å². The largest absolute Gasteiger partial charge is 0.489 e. The van der Waals surface area contributed by atoms with Crippen molar-refractivity contribution in [2.75, 3.05) is 40.3 Å². The molecule has 2 heterocycles. The molecule has 0 bridgehead atoms. The van der Waals surface area contributed by atoms with Crippen LogP contribution in [0.5, 0.6) is 5.75 Å². The minimum absolute atomic E-state index is 0.195. The van der Waals surface area contributed by atoms with Crippen molar-refractivity contribution in [2.45, 2.75) is 12.6 Å². The molecule has 0 spiro atoms. The number of ether oxygens (including phenoxy) is 1. The molecule has 1 N–H and O–H groups in total. The number of benzene rings is 1. The number of rotatable bonds is 6. The Labute approximate surface area is 159 Å². The van der Waals surface area contributed by atoms with Crippen LogP contribution in [0.15, 0.2) is 41.0 Å². The van der Waals surface area contributed by atoms with Gasteiger partial charge in [-0.25, -0.2) is 0 Å². The molecule has 0 radical (unpaired) electrons. The topological polar surface area (TPSA) is 81.7 Å². The zero-order valence-corrected chi connectivity index (χ0v) is 15.6. The smallest absolute Gasteiger partial charge is 0.287 e. The summed E-state index contributed by atoms with van der Waals surface area (Å²) >= 11 is 0. The van der Waals surface area contributed by atoms with Gasteiger partial charge in [0.15, 0.2) is 5.76 Å². The van der Waals surface area contributed by atoms with Crippen molar-refractivity contribution in [3.8, 4) is 11.8 Å². The second-order valence-electron chi connectivity index (χ2n) is 6.81. The highest BCUT2D eigenvalue weighted by atomic mass is 16.5. The Morgan fingerprint density at radius 2 is 2.22 bits per heavy atom. The first-order valence-electron chi connectivity index (χ1n) is 8.93. The van der Waals surface area contributed by atoms with Crippen LogP contribution in [0, 0.1) is 11.3 Å². The monoisotopic (exact) mass is 368 g/mol. The van der Waals surface area contributed by atoms with Gasteiger partial charge < -0.3 is 19.4 Å². The first-order chi connectivity index (χ1) is 13.1. The number of amides is 1. The molecule has 1 aliphatic rings. The summed E-state index contributed by atoms with van der Waals surface area (Å²) in [5, 5.41) is 11.9. The van der Waals surface area contributed by atoms with Crippen molar-refractivity contribution in [3.05, 3.63) is 53.5 Å². The Hall–Kier alpha value is -2.82. The van der Waals surface area contributed by atoms with Crippen LogP contribution in [0.1, 0.15) is 21.7 Å². The lowest BCUT2D eigenvalue weighted by atomic mass is 10.2. The van der Waals surface area contributed by atoms with E-state index < -0.39 is 0 Å². The van der Waals surface area contributed by atoms with Crippen LogP contribution in [-0.4, -0.2) is 62.0 Å². The minimum atomic E-state index is -0.244. The molecule has 1 fully saturated rings. The summed E-state index contributed by atoms with van der Waals surface area (Å²) in [7, 11) is 4.16. The van der Waals surface area contributed by atoms with Gasteiger partial charge in [0.25, 0.3) is 5.91 Å². The number of likely N-dealkylation sites (N-methyl/N-ethyl adjacent to an activating group) is 2. The van der Waals surface area contributed by atoms with Gasteiger partial charge in [-0.1, -0.05) is 6.07 Å². The molecule has 0 aliphatic carbocycles. The van der Waals surface area contributed by atoms with Gasteiger partial charge in [0.05, 0.1) is 17.9 Å². The summed E-state index contributed by atoms with van der Waals surface area (Å²) in [5.41, 5.74) is 1.20. The van der Waals surface area contributed by atoms with Crippen LogP contribution in [0.25, 0.3) is 0 Å². The molecular weight excluding hydrogens is 344 g/mol. The van der Waals surface area contributed by atoms with Gasteiger partial charge >= 0.3 is 0 Å². The van der Waals surface area contributed by atoms with E-state index in [9.17, 15) is 4.79 Å². The predicted octanol–water partition coefficient (Wildman–Crippen LogP) is 1.71. The van der Waals surface area contributed by atoms with Crippen LogP contribution in [0.4, 0.5) is 0 Å². The molecular formula is C20H24N4O3. The van der Waals surface area contributed by atoms with Crippen molar-refractivity contribution in [1.82, 2.24) is 15.1 Å². The molecule has 7 heteroatoms. The van der Waals surface area contributed by atoms with Gasteiger partial charge in [-0.15, -0.1) is 0 Å². The van der Waals surface area contributed by atoms with Crippen LogP contribution in [0.2, 0.25) is 0 Å². The van der Waals surface area contributed by atoms with Gasteiger partial charge in [-0.3, -0.25) is 9.69 Å². The molecule has 1 atom stereocenters. The van der Waals surface area contributed by atoms with E-state index in [1.807, 2.05) is 0 Å². The lowest BCUT2D eigenvalue weighted by molar-refractivity contribution is 0.0854. The van der Waals surface area contributed by atoms with Crippen LogP contribution >= 0.6 is 0 Å². The number of nitrogens with zero attached hydrogens (tertiary/aromatic N) is 3. The van der Waals surface area contributed by atoms with E-state index in [0.29, 0.717) is 23.4 Å². The van der Waals surface area contributed by atoms with E-state index in [0.717, 1.165) is 19.6 Å². The normalized spacial score (nSPS) is 18.0. The summed E-state index contributed by atoms with van der Waals surface area (Å²) in [6.07, 6.45) is 1.49. The Morgan fingerprint density at radius 3 is 3.04 bits per heavy atom. The molecule has 1 aromatic heterocycles.